The van der Waals surface area contributed by atoms with E-state index in [0.717, 1.165) is 13.3 Å². The summed E-state index contributed by atoms with van der Waals surface area (Å²) in [4.78, 5) is 12.8. The second-order valence-corrected chi connectivity index (χ2v) is 10.2. The molecule has 1 aliphatic carbocycles. The molecule has 0 amide bonds. The van der Waals surface area contributed by atoms with Crippen molar-refractivity contribution in [1.82, 2.24) is 20.3 Å². The molecule has 5 rings (SSSR count). The third-order valence-corrected chi connectivity index (χ3v) is 7.29. The molecule has 40 heavy (non-hydrogen) atoms. The van der Waals surface area contributed by atoms with Crippen molar-refractivity contribution in [1.29, 1.82) is 0 Å². The van der Waals surface area contributed by atoms with Crippen molar-refractivity contribution < 1.29 is 36.5 Å². The Hall–Kier alpha value is -3.52. The predicted octanol–water partition coefficient (Wildman–Crippen LogP) is 4.35. The summed E-state index contributed by atoms with van der Waals surface area (Å²) >= 11 is 0. The van der Waals surface area contributed by atoms with Crippen LogP contribution in [0.5, 0.6) is 11.9 Å². The maximum Gasteiger partial charge on any atom is 0.417 e. The van der Waals surface area contributed by atoms with Crippen LogP contribution in [-0.2, 0) is 6.18 Å². The topological polar surface area (TPSA) is 127 Å². The monoisotopic (exact) mass is 568 g/mol. The summed E-state index contributed by atoms with van der Waals surface area (Å²) in [6.07, 6.45) is -3.16. The quantitative estimate of drug-likeness (QED) is 0.268. The van der Waals surface area contributed by atoms with E-state index in [-0.39, 0.29) is 29.7 Å². The van der Waals surface area contributed by atoms with Crippen molar-refractivity contribution in [2.24, 2.45) is 0 Å². The van der Waals surface area contributed by atoms with Gasteiger partial charge in [0.25, 0.3) is 0 Å². The Balaban J connectivity index is 1.81. The largest absolute Gasteiger partial charge is 0.474 e. The summed E-state index contributed by atoms with van der Waals surface area (Å²) < 4.78 is 85.3. The normalized spacial score (nSPS) is 19.2. The molecule has 1 unspecified atom stereocenters. The van der Waals surface area contributed by atoms with Crippen molar-refractivity contribution in [2.45, 2.75) is 57.4 Å². The minimum absolute atomic E-state index is 0.00868. The Morgan fingerprint density at radius 1 is 1.15 bits per heavy atom. The Morgan fingerprint density at radius 3 is 2.55 bits per heavy atom. The van der Waals surface area contributed by atoms with Gasteiger partial charge in [0.05, 0.1) is 24.0 Å². The first-order valence-electron chi connectivity index (χ1n) is 12.9. The number of pyridine rings is 1. The van der Waals surface area contributed by atoms with Gasteiger partial charge in [-0.2, -0.15) is 23.1 Å². The first-order valence-corrected chi connectivity index (χ1v) is 12.9. The highest BCUT2D eigenvalue weighted by Gasteiger charge is 2.41. The zero-order chi connectivity index (χ0) is 28.8. The van der Waals surface area contributed by atoms with Gasteiger partial charge in [0.1, 0.15) is 33.8 Å². The molecule has 0 radical (unpaired) electrons. The van der Waals surface area contributed by atoms with Gasteiger partial charge >= 0.3 is 12.2 Å². The number of ether oxygens (including phenoxy) is 2. The number of anilines is 2. The summed E-state index contributed by atoms with van der Waals surface area (Å²) in [7, 11) is 0. The molecule has 0 saturated heterocycles. The number of hydrogen-bond acceptors (Lipinski definition) is 9. The molecule has 0 bridgehead atoms. The summed E-state index contributed by atoms with van der Waals surface area (Å²) in [5.41, 5.74) is 0.00863. The van der Waals surface area contributed by atoms with Gasteiger partial charge in [0.2, 0.25) is 5.88 Å². The number of benzene rings is 1. The van der Waals surface area contributed by atoms with E-state index in [2.05, 4.69) is 25.6 Å². The van der Waals surface area contributed by atoms with Crippen LogP contribution in [0.1, 0.15) is 43.7 Å². The van der Waals surface area contributed by atoms with Gasteiger partial charge < -0.3 is 30.9 Å². The second kappa shape index (κ2) is 10.5. The first kappa shape index (κ1) is 28.0. The molecular weight excluding hydrogens is 539 g/mol. The van der Waals surface area contributed by atoms with Crippen LogP contribution in [0.2, 0.25) is 0 Å². The highest BCUT2D eigenvalue weighted by atomic mass is 19.4. The fourth-order valence-corrected chi connectivity index (χ4v) is 4.94. The van der Waals surface area contributed by atoms with Gasteiger partial charge in [0, 0.05) is 18.7 Å². The van der Waals surface area contributed by atoms with E-state index in [4.69, 9.17) is 15.2 Å². The predicted molar refractivity (Wildman–Crippen MR) is 137 cm³/mol. The third kappa shape index (κ3) is 5.05. The zero-order valence-electron chi connectivity index (χ0n) is 21.9. The maximum atomic E-state index is 16.3. The molecule has 0 spiro atoms. The molecule has 1 saturated carbocycles. The van der Waals surface area contributed by atoms with Crippen LogP contribution in [0, 0.1) is 18.6 Å². The van der Waals surface area contributed by atoms with Gasteiger partial charge in [-0.15, -0.1) is 0 Å². The van der Waals surface area contributed by atoms with E-state index in [0.29, 0.717) is 45.0 Å². The molecule has 14 heteroatoms. The molecule has 2 aliphatic rings. The fourth-order valence-electron chi connectivity index (χ4n) is 4.94. The number of halogens is 5. The number of nitrogen functional groups attached to an aromatic ring is 1. The number of rotatable bonds is 4. The molecular formula is C26H29F5N6O3. The zero-order valence-corrected chi connectivity index (χ0v) is 21.9. The van der Waals surface area contributed by atoms with Gasteiger partial charge in [-0.1, -0.05) is 0 Å². The van der Waals surface area contributed by atoms with Crippen LogP contribution in [0.3, 0.4) is 0 Å². The molecule has 1 atom stereocenters. The molecule has 1 fully saturated rings. The molecule has 5 N–H and O–H groups in total. The summed E-state index contributed by atoms with van der Waals surface area (Å²) in [6, 6.07) is 0.438. The lowest BCUT2D eigenvalue weighted by Crippen LogP contribution is -2.47. The van der Waals surface area contributed by atoms with E-state index in [1.165, 1.54) is 0 Å². The Bertz CT molecular complexity index is 1440. The molecule has 3 heterocycles. The van der Waals surface area contributed by atoms with Crippen molar-refractivity contribution in [3.05, 3.63) is 28.8 Å². The standard InChI is InChI=1S/C26H29F5N6O3/c1-12-4-7-33-8-9-34-22-16-21(36-24(37-22)40-25(11-38)5-3-6-25)19(28)20(35-23(16)39-12)14-10-15(32)18(27)13(2)17(14)26(29,30)31/h10,12,33,38H,3-9,11,32H2,1-2H3,(H,34,36,37). The van der Waals surface area contributed by atoms with Crippen LogP contribution in [0.4, 0.5) is 33.5 Å². The number of nitrogens with one attached hydrogen (secondary N) is 2. The first-order chi connectivity index (χ1) is 18.9. The van der Waals surface area contributed by atoms with E-state index < -0.39 is 63.1 Å². The number of alkyl halides is 3. The lowest BCUT2D eigenvalue weighted by Gasteiger charge is -2.39. The van der Waals surface area contributed by atoms with Crippen molar-refractivity contribution in [3.63, 3.8) is 0 Å². The molecule has 216 valence electrons. The minimum Gasteiger partial charge on any atom is -0.474 e. The lowest BCUT2D eigenvalue weighted by molar-refractivity contribution is -0.137. The lowest BCUT2D eigenvalue weighted by atomic mass is 9.81. The highest BCUT2D eigenvalue weighted by molar-refractivity contribution is 5.96. The smallest absolute Gasteiger partial charge is 0.417 e. The van der Waals surface area contributed by atoms with Gasteiger partial charge in [-0.05, 0) is 57.7 Å². The van der Waals surface area contributed by atoms with Crippen LogP contribution >= 0.6 is 0 Å². The second-order valence-electron chi connectivity index (χ2n) is 10.2. The summed E-state index contributed by atoms with van der Waals surface area (Å²) in [5, 5.41) is 16.2. The number of hydrogen-bond donors (Lipinski definition) is 4. The molecule has 2 aromatic heterocycles. The van der Waals surface area contributed by atoms with Gasteiger partial charge in [0.15, 0.2) is 5.82 Å². The van der Waals surface area contributed by atoms with Crippen molar-refractivity contribution in [2.75, 3.05) is 37.3 Å². The number of aromatic nitrogens is 3. The minimum atomic E-state index is -5.06. The van der Waals surface area contributed by atoms with E-state index >= 15 is 4.39 Å². The molecule has 3 aromatic rings. The van der Waals surface area contributed by atoms with Crippen LogP contribution in [-0.4, -0.2) is 58.0 Å². The molecule has 1 aliphatic heterocycles. The molecule has 9 nitrogen and oxygen atoms in total. The van der Waals surface area contributed by atoms with Gasteiger partial charge in [-0.25, -0.2) is 13.8 Å². The van der Waals surface area contributed by atoms with Crippen LogP contribution in [0.15, 0.2) is 6.07 Å². The van der Waals surface area contributed by atoms with E-state index in [1.807, 2.05) is 0 Å². The molecule has 1 aromatic carbocycles. The number of nitrogens with zero attached hydrogens (tertiary/aromatic N) is 3. The average Bonchev–Trinajstić information content (AvgIpc) is 2.90. The fraction of sp³-hybridized carbons (Fsp3) is 0.500. The Kier molecular flexibility index (Phi) is 7.33. The highest BCUT2D eigenvalue weighted by Crippen LogP contribution is 2.45. The van der Waals surface area contributed by atoms with Crippen LogP contribution < -0.4 is 25.8 Å². The average molecular weight is 569 g/mol. The Labute approximate surface area is 226 Å². The van der Waals surface area contributed by atoms with E-state index in [1.54, 1.807) is 6.92 Å². The number of aliphatic hydroxyl groups is 1. The third-order valence-electron chi connectivity index (χ3n) is 7.29. The Morgan fingerprint density at radius 2 is 1.90 bits per heavy atom. The van der Waals surface area contributed by atoms with E-state index in [9.17, 15) is 22.7 Å². The summed E-state index contributed by atoms with van der Waals surface area (Å²) in [6.45, 7) is 3.80. The van der Waals surface area contributed by atoms with Gasteiger partial charge in [-0.3, -0.25) is 0 Å². The number of nitrogens with two attached hydrogens (primary N) is 1. The number of aliphatic hydroxyl groups excluding tert-OH is 1. The van der Waals surface area contributed by atoms with Crippen molar-refractivity contribution in [3.8, 4) is 23.1 Å². The maximum absolute atomic E-state index is 16.3. The SMILES string of the molecule is Cc1c(F)c(N)cc(-c2nc3c4c(nc(OC5(CO)CCC5)nc4c2F)NCCNCCC(C)O3)c1C(F)(F)F. The van der Waals surface area contributed by atoms with Crippen LogP contribution in [0.25, 0.3) is 22.2 Å². The summed E-state index contributed by atoms with van der Waals surface area (Å²) in [5.74, 6) is -2.58. The van der Waals surface area contributed by atoms with Crippen molar-refractivity contribution >= 4 is 22.4 Å².